The van der Waals surface area contributed by atoms with Crippen LogP contribution < -0.4 is 5.32 Å². The number of aliphatic carboxylic acids is 1. The average molecular weight is 171 g/mol. The van der Waals surface area contributed by atoms with Crippen LogP contribution in [0.1, 0.15) is 20.8 Å². The van der Waals surface area contributed by atoms with Crippen LogP contribution in [0.25, 0.3) is 0 Å². The number of hydrogen-bond donors (Lipinski definition) is 2. The van der Waals surface area contributed by atoms with Gasteiger partial charge in [-0.3, -0.25) is 4.79 Å². The Morgan fingerprint density at radius 3 is 2.33 bits per heavy atom. The highest BCUT2D eigenvalue weighted by atomic mass is 16.4. The van der Waals surface area contributed by atoms with Crippen molar-refractivity contribution in [1.29, 1.82) is 0 Å². The van der Waals surface area contributed by atoms with Crippen LogP contribution in [-0.2, 0) is 4.79 Å². The van der Waals surface area contributed by atoms with E-state index in [0.29, 0.717) is 0 Å². The third-order valence-electron chi connectivity index (χ3n) is 2.02. The largest absolute Gasteiger partial charge is 0.481 e. The molecule has 0 aliphatic heterocycles. The number of rotatable bonds is 5. The lowest BCUT2D eigenvalue weighted by Gasteiger charge is -2.20. The van der Waals surface area contributed by atoms with E-state index in [2.05, 4.69) is 11.9 Å². The second-order valence-electron chi connectivity index (χ2n) is 3.11. The maximum absolute atomic E-state index is 10.5. The standard InChI is InChI=1S/C9H17NO2/c1-5-6(2)10-8(4)7(3)9(11)12/h5-8,10H,1H2,2-4H3,(H,11,12). The van der Waals surface area contributed by atoms with E-state index in [1.807, 2.05) is 13.8 Å². The molecular formula is C9H17NO2. The molecule has 0 radical (unpaired) electrons. The van der Waals surface area contributed by atoms with Gasteiger partial charge in [-0.05, 0) is 13.8 Å². The van der Waals surface area contributed by atoms with Crippen molar-refractivity contribution in [3.8, 4) is 0 Å². The monoisotopic (exact) mass is 171 g/mol. The van der Waals surface area contributed by atoms with E-state index in [4.69, 9.17) is 5.11 Å². The Balaban J connectivity index is 3.94. The molecule has 3 heteroatoms. The molecule has 0 aromatic carbocycles. The van der Waals surface area contributed by atoms with Gasteiger partial charge in [-0.2, -0.15) is 0 Å². The van der Waals surface area contributed by atoms with Gasteiger partial charge in [-0.1, -0.05) is 13.0 Å². The molecule has 3 atom stereocenters. The lowest BCUT2D eigenvalue weighted by molar-refractivity contribution is -0.141. The van der Waals surface area contributed by atoms with Crippen LogP contribution in [0.2, 0.25) is 0 Å². The average Bonchev–Trinajstić information content (AvgIpc) is 2.02. The van der Waals surface area contributed by atoms with Crippen LogP contribution in [0.4, 0.5) is 0 Å². The van der Waals surface area contributed by atoms with E-state index in [1.165, 1.54) is 0 Å². The topological polar surface area (TPSA) is 49.3 Å². The summed E-state index contributed by atoms with van der Waals surface area (Å²) < 4.78 is 0. The van der Waals surface area contributed by atoms with Crippen LogP contribution in [0.15, 0.2) is 12.7 Å². The van der Waals surface area contributed by atoms with Crippen LogP contribution in [-0.4, -0.2) is 23.2 Å². The van der Waals surface area contributed by atoms with Crippen LogP contribution in [0, 0.1) is 5.92 Å². The lowest BCUT2D eigenvalue weighted by atomic mass is 10.0. The van der Waals surface area contributed by atoms with E-state index in [-0.39, 0.29) is 18.0 Å². The minimum absolute atomic E-state index is 0.0319. The summed E-state index contributed by atoms with van der Waals surface area (Å²) in [6, 6.07) is 0.122. The first-order valence-corrected chi connectivity index (χ1v) is 4.10. The summed E-state index contributed by atoms with van der Waals surface area (Å²) in [5.74, 6) is -1.14. The molecule has 70 valence electrons. The van der Waals surface area contributed by atoms with Crippen molar-refractivity contribution in [2.45, 2.75) is 32.9 Å². The summed E-state index contributed by atoms with van der Waals surface area (Å²) >= 11 is 0. The van der Waals surface area contributed by atoms with E-state index in [1.54, 1.807) is 13.0 Å². The maximum atomic E-state index is 10.5. The smallest absolute Gasteiger partial charge is 0.307 e. The summed E-state index contributed by atoms with van der Waals surface area (Å²) in [7, 11) is 0. The third-order valence-corrected chi connectivity index (χ3v) is 2.02. The summed E-state index contributed by atoms with van der Waals surface area (Å²) in [5.41, 5.74) is 0. The molecule has 0 aromatic heterocycles. The third kappa shape index (κ3) is 3.53. The highest BCUT2D eigenvalue weighted by molar-refractivity contribution is 5.70. The van der Waals surface area contributed by atoms with E-state index < -0.39 is 5.97 Å². The highest BCUT2D eigenvalue weighted by Gasteiger charge is 2.19. The molecule has 0 spiro atoms. The predicted molar refractivity (Wildman–Crippen MR) is 49.1 cm³/mol. The fourth-order valence-electron chi connectivity index (χ4n) is 0.841. The zero-order valence-electron chi connectivity index (χ0n) is 7.87. The van der Waals surface area contributed by atoms with Crippen molar-refractivity contribution in [3.05, 3.63) is 12.7 Å². The summed E-state index contributed by atoms with van der Waals surface area (Å²) in [5, 5.41) is 11.8. The highest BCUT2D eigenvalue weighted by Crippen LogP contribution is 2.03. The molecular weight excluding hydrogens is 154 g/mol. The molecule has 0 fully saturated rings. The minimum atomic E-state index is -0.772. The Bertz CT molecular complexity index is 168. The van der Waals surface area contributed by atoms with Crippen molar-refractivity contribution < 1.29 is 9.90 Å². The molecule has 0 aliphatic rings. The van der Waals surface area contributed by atoms with Crippen molar-refractivity contribution in [2.75, 3.05) is 0 Å². The van der Waals surface area contributed by atoms with Crippen molar-refractivity contribution in [1.82, 2.24) is 5.32 Å². The van der Waals surface area contributed by atoms with Gasteiger partial charge in [0, 0.05) is 12.1 Å². The summed E-state index contributed by atoms with van der Waals surface area (Å²) in [4.78, 5) is 10.5. The van der Waals surface area contributed by atoms with E-state index in [0.717, 1.165) is 0 Å². The molecule has 3 unspecified atom stereocenters. The molecule has 0 saturated heterocycles. The van der Waals surface area contributed by atoms with E-state index in [9.17, 15) is 4.79 Å². The van der Waals surface area contributed by atoms with Gasteiger partial charge in [0.1, 0.15) is 0 Å². The Kier molecular flexibility index (Phi) is 4.59. The van der Waals surface area contributed by atoms with Gasteiger partial charge in [0.25, 0.3) is 0 Å². The maximum Gasteiger partial charge on any atom is 0.307 e. The molecule has 0 aliphatic carbocycles. The van der Waals surface area contributed by atoms with Gasteiger partial charge in [0.05, 0.1) is 5.92 Å². The SMILES string of the molecule is C=CC(C)NC(C)C(C)C(=O)O. The van der Waals surface area contributed by atoms with Gasteiger partial charge in [-0.15, -0.1) is 6.58 Å². The Hall–Kier alpha value is -0.830. The van der Waals surface area contributed by atoms with Crippen molar-refractivity contribution in [2.24, 2.45) is 5.92 Å². The normalized spacial score (nSPS) is 17.9. The first kappa shape index (κ1) is 11.2. The number of hydrogen-bond acceptors (Lipinski definition) is 2. The molecule has 12 heavy (non-hydrogen) atoms. The molecule has 3 nitrogen and oxygen atoms in total. The van der Waals surface area contributed by atoms with Crippen LogP contribution in [0.5, 0.6) is 0 Å². The number of carboxylic acid groups (broad SMARTS) is 1. The second kappa shape index (κ2) is 4.93. The fraction of sp³-hybridized carbons (Fsp3) is 0.667. The van der Waals surface area contributed by atoms with Crippen LogP contribution >= 0.6 is 0 Å². The van der Waals surface area contributed by atoms with Crippen LogP contribution in [0.3, 0.4) is 0 Å². The number of carbonyl (C=O) groups is 1. The lowest BCUT2D eigenvalue weighted by Crippen LogP contribution is -2.40. The predicted octanol–water partition coefficient (Wildman–Crippen LogP) is 1.26. The summed E-state index contributed by atoms with van der Waals surface area (Å²) in [6.45, 7) is 9.10. The first-order valence-electron chi connectivity index (χ1n) is 4.10. The molecule has 0 rings (SSSR count). The zero-order chi connectivity index (χ0) is 9.72. The van der Waals surface area contributed by atoms with Gasteiger partial charge in [0.2, 0.25) is 0 Å². The van der Waals surface area contributed by atoms with Gasteiger partial charge in [0.15, 0.2) is 0 Å². The van der Waals surface area contributed by atoms with Gasteiger partial charge >= 0.3 is 5.97 Å². The Morgan fingerprint density at radius 1 is 1.50 bits per heavy atom. The summed E-state index contributed by atoms with van der Waals surface area (Å²) in [6.07, 6.45) is 1.76. The Morgan fingerprint density at radius 2 is 2.00 bits per heavy atom. The van der Waals surface area contributed by atoms with E-state index >= 15 is 0 Å². The molecule has 0 amide bonds. The second-order valence-corrected chi connectivity index (χ2v) is 3.11. The van der Waals surface area contributed by atoms with Crippen molar-refractivity contribution in [3.63, 3.8) is 0 Å². The van der Waals surface area contributed by atoms with Gasteiger partial charge in [-0.25, -0.2) is 0 Å². The molecule has 0 aromatic rings. The molecule has 0 heterocycles. The molecule has 0 bridgehead atoms. The quantitative estimate of drug-likeness (QED) is 0.612. The minimum Gasteiger partial charge on any atom is -0.481 e. The zero-order valence-corrected chi connectivity index (χ0v) is 7.87. The molecule has 0 saturated carbocycles. The van der Waals surface area contributed by atoms with Gasteiger partial charge < -0.3 is 10.4 Å². The molecule has 2 N–H and O–H groups in total. The number of nitrogens with one attached hydrogen (secondary N) is 1. The first-order chi connectivity index (χ1) is 5.49. The van der Waals surface area contributed by atoms with Crippen molar-refractivity contribution >= 4 is 5.97 Å². The number of carboxylic acids is 1. The fourth-order valence-corrected chi connectivity index (χ4v) is 0.841. The Labute approximate surface area is 73.5 Å².